The van der Waals surface area contributed by atoms with Crippen LogP contribution in [0.1, 0.15) is 16.2 Å². The normalized spacial score (nSPS) is 10.7. The van der Waals surface area contributed by atoms with Crippen molar-refractivity contribution in [2.45, 2.75) is 6.42 Å². The first-order chi connectivity index (χ1) is 14.2. The molecular formula is C23H19ClN4O. The van der Waals surface area contributed by atoms with E-state index in [1.54, 1.807) is 23.0 Å². The van der Waals surface area contributed by atoms with E-state index in [9.17, 15) is 4.79 Å². The zero-order chi connectivity index (χ0) is 20.1. The molecule has 0 aliphatic rings. The molecule has 2 heterocycles. The lowest BCUT2D eigenvalue weighted by molar-refractivity contribution is 0.0946. The fourth-order valence-corrected chi connectivity index (χ4v) is 3.26. The molecule has 0 atom stereocenters. The highest BCUT2D eigenvalue weighted by atomic mass is 35.5. The Morgan fingerprint density at radius 1 is 0.966 bits per heavy atom. The molecule has 2 aromatic heterocycles. The highest BCUT2D eigenvalue weighted by molar-refractivity contribution is 6.32. The topological polar surface area (TPSA) is 59.8 Å². The van der Waals surface area contributed by atoms with Gasteiger partial charge in [0.1, 0.15) is 5.69 Å². The first-order valence-corrected chi connectivity index (χ1v) is 9.68. The largest absolute Gasteiger partial charge is 0.350 e. The van der Waals surface area contributed by atoms with Crippen molar-refractivity contribution in [3.63, 3.8) is 0 Å². The van der Waals surface area contributed by atoms with Gasteiger partial charge in [0, 0.05) is 30.4 Å². The van der Waals surface area contributed by atoms with Crippen LogP contribution in [0.15, 0.2) is 85.1 Å². The molecule has 0 saturated heterocycles. The van der Waals surface area contributed by atoms with E-state index in [-0.39, 0.29) is 5.91 Å². The summed E-state index contributed by atoms with van der Waals surface area (Å²) in [5.41, 5.74) is 3.66. The Hall–Kier alpha value is -3.44. The maximum absolute atomic E-state index is 12.9. The van der Waals surface area contributed by atoms with Crippen LogP contribution in [0.5, 0.6) is 0 Å². The molecule has 0 radical (unpaired) electrons. The van der Waals surface area contributed by atoms with E-state index in [0.29, 0.717) is 35.1 Å². The first kappa shape index (κ1) is 18.9. The van der Waals surface area contributed by atoms with Crippen molar-refractivity contribution in [2.75, 3.05) is 6.54 Å². The zero-order valence-corrected chi connectivity index (χ0v) is 16.4. The smallest absolute Gasteiger partial charge is 0.270 e. The predicted octanol–water partition coefficient (Wildman–Crippen LogP) is 4.56. The van der Waals surface area contributed by atoms with Crippen molar-refractivity contribution in [2.24, 2.45) is 0 Å². The molecule has 1 amide bonds. The maximum Gasteiger partial charge on any atom is 0.270 e. The third-order valence-corrected chi connectivity index (χ3v) is 4.80. The number of amides is 1. The molecule has 0 unspecified atom stereocenters. The Morgan fingerprint density at radius 2 is 1.72 bits per heavy atom. The van der Waals surface area contributed by atoms with Gasteiger partial charge >= 0.3 is 0 Å². The summed E-state index contributed by atoms with van der Waals surface area (Å²) < 4.78 is 1.60. The van der Waals surface area contributed by atoms with Crippen LogP contribution in [0.3, 0.4) is 0 Å². The standard InChI is InChI=1S/C23H19ClN4O/c24-19-11-4-5-12-21(19)28-22(16-20(27-28)17-8-2-1-3-9-17)23(29)26-15-13-18-10-6-7-14-25-18/h1-12,14,16H,13,15H2,(H,26,29). The minimum Gasteiger partial charge on any atom is -0.350 e. The van der Waals surface area contributed by atoms with Crippen LogP contribution in [0.25, 0.3) is 16.9 Å². The summed E-state index contributed by atoms with van der Waals surface area (Å²) in [6.45, 7) is 0.476. The molecule has 2 aromatic carbocycles. The zero-order valence-electron chi connectivity index (χ0n) is 15.6. The predicted molar refractivity (Wildman–Crippen MR) is 114 cm³/mol. The van der Waals surface area contributed by atoms with Gasteiger partial charge < -0.3 is 5.32 Å². The number of nitrogens with one attached hydrogen (secondary N) is 1. The number of para-hydroxylation sites is 1. The first-order valence-electron chi connectivity index (χ1n) is 9.31. The second-order valence-electron chi connectivity index (χ2n) is 6.47. The quantitative estimate of drug-likeness (QED) is 0.514. The van der Waals surface area contributed by atoms with Crippen LogP contribution in [-0.4, -0.2) is 27.2 Å². The lowest BCUT2D eigenvalue weighted by Gasteiger charge is -2.09. The van der Waals surface area contributed by atoms with E-state index in [1.165, 1.54) is 0 Å². The monoisotopic (exact) mass is 402 g/mol. The van der Waals surface area contributed by atoms with Crippen LogP contribution in [0, 0.1) is 0 Å². The Balaban J connectivity index is 1.63. The van der Waals surface area contributed by atoms with Crippen molar-refractivity contribution in [1.82, 2.24) is 20.1 Å². The van der Waals surface area contributed by atoms with Crippen molar-refractivity contribution in [1.29, 1.82) is 0 Å². The van der Waals surface area contributed by atoms with Gasteiger partial charge in [0.05, 0.1) is 16.4 Å². The minimum absolute atomic E-state index is 0.212. The summed E-state index contributed by atoms with van der Waals surface area (Å²) in [7, 11) is 0. The third-order valence-electron chi connectivity index (χ3n) is 4.49. The van der Waals surface area contributed by atoms with Crippen molar-refractivity contribution >= 4 is 17.5 Å². The molecule has 0 spiro atoms. The van der Waals surface area contributed by atoms with Gasteiger partial charge in [-0.1, -0.05) is 60.1 Å². The van der Waals surface area contributed by atoms with Gasteiger partial charge in [-0.05, 0) is 30.3 Å². The Labute approximate surface area is 174 Å². The van der Waals surface area contributed by atoms with Gasteiger partial charge in [-0.2, -0.15) is 5.10 Å². The number of benzene rings is 2. The summed E-state index contributed by atoms with van der Waals surface area (Å²) in [5.74, 6) is -0.212. The van der Waals surface area contributed by atoms with Gasteiger partial charge in [0.2, 0.25) is 0 Å². The Bertz CT molecular complexity index is 1110. The summed E-state index contributed by atoms with van der Waals surface area (Å²) >= 11 is 6.37. The van der Waals surface area contributed by atoms with E-state index < -0.39 is 0 Å². The third kappa shape index (κ3) is 4.36. The minimum atomic E-state index is -0.212. The lowest BCUT2D eigenvalue weighted by Crippen LogP contribution is -2.28. The molecular weight excluding hydrogens is 384 g/mol. The average Bonchev–Trinajstić information content (AvgIpc) is 3.21. The number of halogens is 1. The van der Waals surface area contributed by atoms with Crippen molar-refractivity contribution in [3.8, 4) is 16.9 Å². The molecule has 0 aliphatic heterocycles. The second-order valence-corrected chi connectivity index (χ2v) is 6.88. The summed E-state index contributed by atoms with van der Waals surface area (Å²) in [5, 5.41) is 8.14. The van der Waals surface area contributed by atoms with E-state index >= 15 is 0 Å². The molecule has 5 nitrogen and oxygen atoms in total. The fourth-order valence-electron chi connectivity index (χ4n) is 3.04. The highest BCUT2D eigenvalue weighted by Crippen LogP contribution is 2.25. The van der Waals surface area contributed by atoms with Gasteiger partial charge in [0.15, 0.2) is 0 Å². The van der Waals surface area contributed by atoms with Crippen LogP contribution in [0.2, 0.25) is 5.02 Å². The van der Waals surface area contributed by atoms with E-state index in [4.69, 9.17) is 11.6 Å². The summed E-state index contributed by atoms with van der Waals surface area (Å²) in [6.07, 6.45) is 2.40. The molecule has 0 bridgehead atoms. The highest BCUT2D eigenvalue weighted by Gasteiger charge is 2.18. The number of carbonyl (C=O) groups excluding carboxylic acids is 1. The van der Waals surface area contributed by atoms with Crippen molar-refractivity contribution in [3.05, 3.63) is 101 Å². The molecule has 29 heavy (non-hydrogen) atoms. The van der Waals surface area contributed by atoms with Crippen LogP contribution >= 0.6 is 11.6 Å². The number of hydrogen-bond acceptors (Lipinski definition) is 3. The summed E-state index contributed by atoms with van der Waals surface area (Å²) in [4.78, 5) is 17.2. The van der Waals surface area contributed by atoms with Gasteiger partial charge in [-0.15, -0.1) is 0 Å². The van der Waals surface area contributed by atoms with E-state index in [0.717, 1.165) is 11.3 Å². The van der Waals surface area contributed by atoms with E-state index in [1.807, 2.05) is 66.7 Å². The Kier molecular flexibility index (Phi) is 5.68. The van der Waals surface area contributed by atoms with Gasteiger partial charge in [0.25, 0.3) is 5.91 Å². The number of aromatic nitrogens is 3. The molecule has 0 aliphatic carbocycles. The molecule has 6 heteroatoms. The second kappa shape index (κ2) is 8.71. The molecule has 144 valence electrons. The van der Waals surface area contributed by atoms with Crippen LogP contribution < -0.4 is 5.32 Å². The fraction of sp³-hybridized carbons (Fsp3) is 0.0870. The number of hydrogen-bond donors (Lipinski definition) is 1. The molecule has 0 fully saturated rings. The van der Waals surface area contributed by atoms with E-state index in [2.05, 4.69) is 15.4 Å². The molecule has 4 aromatic rings. The number of nitrogens with zero attached hydrogens (tertiary/aromatic N) is 3. The van der Waals surface area contributed by atoms with Crippen LogP contribution in [-0.2, 0) is 6.42 Å². The average molecular weight is 403 g/mol. The number of rotatable bonds is 6. The van der Waals surface area contributed by atoms with Gasteiger partial charge in [-0.25, -0.2) is 4.68 Å². The number of carbonyl (C=O) groups is 1. The lowest BCUT2D eigenvalue weighted by atomic mass is 10.1. The molecule has 1 N–H and O–H groups in total. The van der Waals surface area contributed by atoms with Gasteiger partial charge in [-0.3, -0.25) is 9.78 Å². The van der Waals surface area contributed by atoms with Crippen molar-refractivity contribution < 1.29 is 4.79 Å². The summed E-state index contributed by atoms with van der Waals surface area (Å²) in [6, 6.07) is 24.6. The SMILES string of the molecule is O=C(NCCc1ccccn1)c1cc(-c2ccccc2)nn1-c1ccccc1Cl. The molecule has 0 saturated carbocycles. The maximum atomic E-state index is 12.9. The van der Waals surface area contributed by atoms with Crippen LogP contribution in [0.4, 0.5) is 0 Å². The Morgan fingerprint density at radius 3 is 2.48 bits per heavy atom. The molecule has 4 rings (SSSR count). The number of pyridine rings is 1.